The van der Waals surface area contributed by atoms with Crippen molar-refractivity contribution in [3.63, 3.8) is 0 Å². The van der Waals surface area contributed by atoms with Crippen molar-refractivity contribution in [3.05, 3.63) is 179 Å². The van der Waals surface area contributed by atoms with E-state index in [0.29, 0.717) is 0 Å². The van der Waals surface area contributed by atoms with Crippen LogP contribution in [0.2, 0.25) is 0 Å². The molecule has 9 rings (SSSR count). The van der Waals surface area contributed by atoms with Crippen LogP contribution in [0.1, 0.15) is 61.1 Å². The molecule has 0 radical (unpaired) electrons. The number of aryl methyl sites for hydroxylation is 2. The van der Waals surface area contributed by atoms with Crippen molar-refractivity contribution >= 4 is 11.4 Å². The van der Waals surface area contributed by atoms with Crippen LogP contribution < -0.4 is 5.32 Å². The zero-order valence-electron chi connectivity index (χ0n) is 30.4. The zero-order valence-corrected chi connectivity index (χ0v) is 30.4. The summed E-state index contributed by atoms with van der Waals surface area (Å²) in [6, 6.07) is 54.4. The largest absolute Gasteiger partial charge is 0.355 e. The fourth-order valence-corrected chi connectivity index (χ4v) is 8.69. The number of nitrogens with one attached hydrogen (secondary N) is 1. The number of fused-ring (bicyclic) bond motifs is 6. The first-order chi connectivity index (χ1) is 24.6. The lowest BCUT2D eigenvalue weighted by Crippen LogP contribution is -2.15. The normalized spacial score (nSPS) is 14.4. The minimum atomic E-state index is -0.101. The van der Waals surface area contributed by atoms with Gasteiger partial charge in [0.05, 0.1) is 0 Å². The van der Waals surface area contributed by atoms with Crippen LogP contribution >= 0.6 is 0 Å². The van der Waals surface area contributed by atoms with Crippen molar-refractivity contribution in [2.24, 2.45) is 0 Å². The lowest BCUT2D eigenvalue weighted by molar-refractivity contribution is 0.659. The van der Waals surface area contributed by atoms with E-state index in [1.807, 2.05) is 0 Å². The van der Waals surface area contributed by atoms with Crippen LogP contribution in [-0.4, -0.2) is 0 Å². The molecule has 7 aromatic carbocycles. The molecule has 1 heteroatoms. The van der Waals surface area contributed by atoms with Crippen molar-refractivity contribution in [1.82, 2.24) is 0 Å². The molecule has 1 N–H and O–H groups in total. The Morgan fingerprint density at radius 1 is 0.373 bits per heavy atom. The van der Waals surface area contributed by atoms with Gasteiger partial charge in [0.25, 0.3) is 0 Å². The third kappa shape index (κ3) is 5.06. The summed E-state index contributed by atoms with van der Waals surface area (Å²) in [6.07, 6.45) is 0. The summed E-state index contributed by atoms with van der Waals surface area (Å²) in [5, 5.41) is 3.57. The lowest BCUT2D eigenvalue weighted by atomic mass is 9.80. The Kier molecular flexibility index (Phi) is 7.03. The molecule has 2 aliphatic carbocycles. The minimum absolute atomic E-state index is 0.00789. The summed E-state index contributed by atoms with van der Waals surface area (Å²) >= 11 is 0. The molecule has 0 spiro atoms. The van der Waals surface area contributed by atoms with Crippen LogP contribution in [0.25, 0.3) is 55.6 Å². The van der Waals surface area contributed by atoms with E-state index in [1.54, 1.807) is 0 Å². The van der Waals surface area contributed by atoms with Crippen molar-refractivity contribution in [2.75, 3.05) is 5.32 Å². The fourth-order valence-electron chi connectivity index (χ4n) is 8.69. The summed E-state index contributed by atoms with van der Waals surface area (Å²) in [4.78, 5) is 0. The second-order valence-corrected chi connectivity index (χ2v) is 15.7. The van der Waals surface area contributed by atoms with Crippen molar-refractivity contribution in [1.29, 1.82) is 0 Å². The zero-order chi connectivity index (χ0) is 35.1. The summed E-state index contributed by atoms with van der Waals surface area (Å²) in [6.45, 7) is 13.8. The molecular formula is C50H43N. The Bertz CT molecular complexity index is 2490. The number of benzene rings is 7. The highest BCUT2D eigenvalue weighted by molar-refractivity contribution is 5.88. The van der Waals surface area contributed by atoms with E-state index in [2.05, 4.69) is 192 Å². The fraction of sp³-hybridized carbons (Fsp3) is 0.160. The molecule has 1 nitrogen and oxygen atoms in total. The van der Waals surface area contributed by atoms with Crippen LogP contribution in [0.4, 0.5) is 11.4 Å². The molecule has 0 heterocycles. The van der Waals surface area contributed by atoms with E-state index >= 15 is 0 Å². The summed E-state index contributed by atoms with van der Waals surface area (Å²) in [5.41, 5.74) is 23.3. The van der Waals surface area contributed by atoms with Crippen LogP contribution in [0.5, 0.6) is 0 Å². The monoisotopic (exact) mass is 657 g/mol. The molecule has 0 fully saturated rings. The number of anilines is 2. The van der Waals surface area contributed by atoms with Gasteiger partial charge < -0.3 is 5.32 Å². The Labute approximate surface area is 302 Å². The summed E-state index contributed by atoms with van der Waals surface area (Å²) in [5.74, 6) is 0. The van der Waals surface area contributed by atoms with Gasteiger partial charge in [0, 0.05) is 22.2 Å². The standard InChI is InChI=1S/C50H43N/c1-31-11-26-48(32(2)27-31)51-39-21-16-34(17-22-39)33-12-14-35(15-13-33)36-18-23-42-43-25-20-38(30-47(43)50(5,6)46(42)28-36)37-19-24-41-40-9-7-8-10-44(40)49(3,4)45(41)29-37/h7-30,51H,1-6H3. The van der Waals surface area contributed by atoms with Gasteiger partial charge in [0.15, 0.2) is 0 Å². The van der Waals surface area contributed by atoms with Gasteiger partial charge >= 0.3 is 0 Å². The maximum absolute atomic E-state index is 3.57. The Hall–Kier alpha value is -5.66. The topological polar surface area (TPSA) is 12.0 Å². The molecule has 0 atom stereocenters. The molecule has 0 saturated heterocycles. The SMILES string of the molecule is Cc1ccc(Nc2ccc(-c3ccc(-c4ccc5c(c4)C(C)(C)c4cc(-c6ccc7c(c6)C(C)(C)c6ccccc6-7)ccc4-5)cc3)cc2)c(C)c1. The van der Waals surface area contributed by atoms with Crippen molar-refractivity contribution in [3.8, 4) is 55.6 Å². The molecule has 0 bridgehead atoms. The Morgan fingerprint density at radius 2 is 0.784 bits per heavy atom. The first kappa shape index (κ1) is 31.3. The molecule has 0 aliphatic heterocycles. The van der Waals surface area contributed by atoms with Crippen molar-refractivity contribution in [2.45, 2.75) is 52.4 Å². The molecule has 0 unspecified atom stereocenters. The second-order valence-electron chi connectivity index (χ2n) is 15.7. The van der Waals surface area contributed by atoms with E-state index in [0.717, 1.165) is 11.4 Å². The first-order valence-electron chi connectivity index (χ1n) is 18.2. The van der Waals surface area contributed by atoms with E-state index in [-0.39, 0.29) is 10.8 Å². The van der Waals surface area contributed by atoms with E-state index in [9.17, 15) is 0 Å². The second kappa shape index (κ2) is 11.4. The summed E-state index contributed by atoms with van der Waals surface area (Å²) in [7, 11) is 0. The maximum atomic E-state index is 3.57. The van der Waals surface area contributed by atoms with Crippen molar-refractivity contribution < 1.29 is 0 Å². The maximum Gasteiger partial charge on any atom is 0.0414 e. The van der Waals surface area contributed by atoms with Gasteiger partial charge in [-0.3, -0.25) is 0 Å². The molecule has 0 saturated carbocycles. The molecule has 0 aromatic heterocycles. The van der Waals surface area contributed by atoms with Crippen LogP contribution in [0, 0.1) is 13.8 Å². The Morgan fingerprint density at radius 3 is 1.31 bits per heavy atom. The number of rotatable bonds is 5. The predicted molar refractivity (Wildman–Crippen MR) is 217 cm³/mol. The lowest BCUT2D eigenvalue weighted by Gasteiger charge is -2.23. The third-order valence-corrected chi connectivity index (χ3v) is 11.7. The highest BCUT2D eigenvalue weighted by Crippen LogP contribution is 2.52. The van der Waals surface area contributed by atoms with E-state index < -0.39 is 0 Å². The Balaban J connectivity index is 0.970. The van der Waals surface area contributed by atoms with E-state index in [1.165, 1.54) is 89.0 Å². The van der Waals surface area contributed by atoms with Gasteiger partial charge in [-0.2, -0.15) is 0 Å². The third-order valence-electron chi connectivity index (χ3n) is 11.7. The van der Waals surface area contributed by atoms with Gasteiger partial charge in [-0.1, -0.05) is 142 Å². The number of hydrogen-bond donors (Lipinski definition) is 1. The van der Waals surface area contributed by atoms with Gasteiger partial charge in [-0.05, 0) is 134 Å². The average molecular weight is 658 g/mol. The molecular weight excluding hydrogens is 615 g/mol. The highest BCUT2D eigenvalue weighted by Gasteiger charge is 2.37. The molecule has 2 aliphatic rings. The smallest absolute Gasteiger partial charge is 0.0414 e. The van der Waals surface area contributed by atoms with Gasteiger partial charge in [-0.25, -0.2) is 0 Å². The van der Waals surface area contributed by atoms with Gasteiger partial charge in [-0.15, -0.1) is 0 Å². The number of hydrogen-bond acceptors (Lipinski definition) is 1. The predicted octanol–water partition coefficient (Wildman–Crippen LogP) is 13.7. The van der Waals surface area contributed by atoms with Crippen LogP contribution in [0.15, 0.2) is 146 Å². The van der Waals surface area contributed by atoms with Crippen LogP contribution in [0.3, 0.4) is 0 Å². The van der Waals surface area contributed by atoms with Gasteiger partial charge in [0.2, 0.25) is 0 Å². The van der Waals surface area contributed by atoms with Crippen LogP contribution in [-0.2, 0) is 10.8 Å². The molecule has 248 valence electrons. The first-order valence-corrected chi connectivity index (χ1v) is 18.2. The highest BCUT2D eigenvalue weighted by atomic mass is 14.9. The quantitative estimate of drug-likeness (QED) is 0.194. The van der Waals surface area contributed by atoms with E-state index in [4.69, 9.17) is 0 Å². The molecule has 0 amide bonds. The van der Waals surface area contributed by atoms with Gasteiger partial charge in [0.1, 0.15) is 0 Å². The minimum Gasteiger partial charge on any atom is -0.355 e. The average Bonchev–Trinajstić information content (AvgIpc) is 3.52. The molecule has 7 aromatic rings. The molecule has 51 heavy (non-hydrogen) atoms. The summed E-state index contributed by atoms with van der Waals surface area (Å²) < 4.78 is 0.